The fourth-order valence-electron chi connectivity index (χ4n) is 2.29. The summed E-state index contributed by atoms with van der Waals surface area (Å²) in [6.07, 6.45) is 5.14. The van der Waals surface area contributed by atoms with Gasteiger partial charge in [0.05, 0.1) is 6.04 Å². The number of nitrogens with one attached hydrogen (secondary N) is 1. The van der Waals surface area contributed by atoms with Crippen molar-refractivity contribution in [1.29, 1.82) is 0 Å². The minimum atomic E-state index is 0.0141. The van der Waals surface area contributed by atoms with E-state index >= 15 is 0 Å². The Balaban J connectivity index is 2.60. The van der Waals surface area contributed by atoms with Crippen LogP contribution in [0.5, 0.6) is 0 Å². The lowest BCUT2D eigenvalue weighted by molar-refractivity contribution is -0.134. The van der Waals surface area contributed by atoms with Crippen molar-refractivity contribution in [3.8, 4) is 0 Å². The van der Waals surface area contributed by atoms with Crippen molar-refractivity contribution in [2.45, 2.75) is 39.2 Å². The number of hydrogen-bond acceptors (Lipinski definition) is 2. The monoisotopic (exact) mass is 224 g/mol. The van der Waals surface area contributed by atoms with E-state index in [1.165, 1.54) is 6.42 Å². The molecule has 92 valence electrons. The predicted molar refractivity (Wildman–Crippen MR) is 67.3 cm³/mol. The van der Waals surface area contributed by atoms with Gasteiger partial charge in [-0.05, 0) is 31.7 Å². The molecule has 16 heavy (non-hydrogen) atoms. The normalized spacial score (nSPS) is 25.1. The molecule has 1 aliphatic rings. The van der Waals surface area contributed by atoms with Gasteiger partial charge in [-0.25, -0.2) is 0 Å². The zero-order chi connectivity index (χ0) is 12.0. The zero-order valence-electron chi connectivity index (χ0n) is 10.5. The first-order valence-corrected chi connectivity index (χ1v) is 6.33. The highest BCUT2D eigenvalue weighted by atomic mass is 16.2. The van der Waals surface area contributed by atoms with Gasteiger partial charge in [0, 0.05) is 13.1 Å². The first kappa shape index (κ1) is 13.2. The Morgan fingerprint density at radius 1 is 1.62 bits per heavy atom. The van der Waals surface area contributed by atoms with E-state index in [0.29, 0.717) is 12.5 Å². The average molecular weight is 224 g/mol. The van der Waals surface area contributed by atoms with Crippen molar-refractivity contribution in [2.75, 3.05) is 19.6 Å². The molecule has 0 aliphatic carbocycles. The maximum Gasteiger partial charge on any atom is 0.240 e. The number of amides is 1. The van der Waals surface area contributed by atoms with Gasteiger partial charge < -0.3 is 10.2 Å². The Morgan fingerprint density at radius 3 is 2.94 bits per heavy atom. The first-order chi connectivity index (χ1) is 7.70. The molecule has 0 aromatic carbocycles. The maximum absolute atomic E-state index is 12.3. The van der Waals surface area contributed by atoms with Crippen LogP contribution >= 0.6 is 0 Å². The summed E-state index contributed by atoms with van der Waals surface area (Å²) in [7, 11) is 0. The van der Waals surface area contributed by atoms with Crippen molar-refractivity contribution in [2.24, 2.45) is 5.92 Å². The third kappa shape index (κ3) is 3.34. The molecule has 0 aromatic heterocycles. The van der Waals surface area contributed by atoms with Crippen LogP contribution < -0.4 is 5.32 Å². The molecule has 1 amide bonds. The smallest absolute Gasteiger partial charge is 0.240 e. The standard InChI is InChI=1S/C13H24N2O/c1-4-9-15(10-5-2)13(16)12-11(3)7-6-8-14-12/h4,11-12,14H,1,5-10H2,2-3H3. The SMILES string of the molecule is C=CCN(CCC)C(=O)C1NCCCC1C. The number of rotatable bonds is 5. The molecule has 1 fully saturated rings. The molecule has 2 atom stereocenters. The van der Waals surface area contributed by atoms with Crippen molar-refractivity contribution < 1.29 is 4.79 Å². The van der Waals surface area contributed by atoms with Crippen LogP contribution in [0.15, 0.2) is 12.7 Å². The molecule has 0 saturated carbocycles. The quantitative estimate of drug-likeness (QED) is 0.722. The third-order valence-corrected chi connectivity index (χ3v) is 3.19. The van der Waals surface area contributed by atoms with Crippen molar-refractivity contribution in [1.82, 2.24) is 10.2 Å². The van der Waals surface area contributed by atoms with Gasteiger partial charge in [0.25, 0.3) is 0 Å². The van der Waals surface area contributed by atoms with Crippen LogP contribution in [0.1, 0.15) is 33.1 Å². The van der Waals surface area contributed by atoms with Crippen LogP contribution in [0, 0.1) is 5.92 Å². The molecule has 3 heteroatoms. The number of hydrogen-bond donors (Lipinski definition) is 1. The predicted octanol–water partition coefficient (Wildman–Crippen LogP) is 1.80. The highest BCUT2D eigenvalue weighted by molar-refractivity contribution is 5.82. The van der Waals surface area contributed by atoms with Crippen LogP contribution in [-0.4, -0.2) is 36.5 Å². The summed E-state index contributed by atoms with van der Waals surface area (Å²) >= 11 is 0. The van der Waals surface area contributed by atoms with E-state index in [0.717, 1.165) is 25.9 Å². The van der Waals surface area contributed by atoms with Crippen LogP contribution in [-0.2, 0) is 4.79 Å². The van der Waals surface area contributed by atoms with Crippen molar-refractivity contribution >= 4 is 5.91 Å². The minimum absolute atomic E-state index is 0.0141. The second kappa shape index (κ2) is 6.69. The number of carbonyl (C=O) groups excluding carboxylic acids is 1. The molecule has 0 bridgehead atoms. The van der Waals surface area contributed by atoms with E-state index in [1.54, 1.807) is 6.08 Å². The summed E-state index contributed by atoms with van der Waals surface area (Å²) in [5.41, 5.74) is 0. The molecule has 0 radical (unpaired) electrons. The van der Waals surface area contributed by atoms with Crippen LogP contribution in [0.4, 0.5) is 0 Å². The fraction of sp³-hybridized carbons (Fsp3) is 0.769. The molecule has 1 N–H and O–H groups in total. The largest absolute Gasteiger partial charge is 0.338 e. The van der Waals surface area contributed by atoms with Crippen LogP contribution in [0.3, 0.4) is 0 Å². The summed E-state index contributed by atoms with van der Waals surface area (Å²) in [6, 6.07) is 0.0141. The van der Waals surface area contributed by atoms with E-state index in [2.05, 4.69) is 25.7 Å². The summed E-state index contributed by atoms with van der Waals surface area (Å²) in [6.45, 7) is 10.4. The third-order valence-electron chi connectivity index (χ3n) is 3.19. The zero-order valence-corrected chi connectivity index (χ0v) is 10.5. The molecule has 0 spiro atoms. The lowest BCUT2D eigenvalue weighted by Crippen LogP contribution is -2.52. The number of piperidine rings is 1. The van der Waals surface area contributed by atoms with Gasteiger partial charge in [-0.2, -0.15) is 0 Å². The lowest BCUT2D eigenvalue weighted by atomic mass is 9.92. The van der Waals surface area contributed by atoms with E-state index in [4.69, 9.17) is 0 Å². The van der Waals surface area contributed by atoms with Crippen molar-refractivity contribution in [3.05, 3.63) is 12.7 Å². The van der Waals surface area contributed by atoms with Gasteiger partial charge in [0.1, 0.15) is 0 Å². The Labute approximate surface area is 98.9 Å². The summed E-state index contributed by atoms with van der Waals surface area (Å²) in [4.78, 5) is 14.2. The summed E-state index contributed by atoms with van der Waals surface area (Å²) < 4.78 is 0. The van der Waals surface area contributed by atoms with Gasteiger partial charge in [-0.3, -0.25) is 4.79 Å². The van der Waals surface area contributed by atoms with Crippen LogP contribution in [0.2, 0.25) is 0 Å². The maximum atomic E-state index is 12.3. The summed E-state index contributed by atoms with van der Waals surface area (Å²) in [5.74, 6) is 0.694. The Hall–Kier alpha value is -0.830. The van der Waals surface area contributed by atoms with E-state index in [1.807, 2.05) is 4.90 Å². The van der Waals surface area contributed by atoms with Gasteiger partial charge in [0.15, 0.2) is 0 Å². The van der Waals surface area contributed by atoms with E-state index < -0.39 is 0 Å². The van der Waals surface area contributed by atoms with E-state index in [9.17, 15) is 4.79 Å². The molecule has 1 aliphatic heterocycles. The second-order valence-corrected chi connectivity index (χ2v) is 4.62. The van der Waals surface area contributed by atoms with Gasteiger partial charge in [-0.15, -0.1) is 6.58 Å². The molecule has 1 heterocycles. The number of nitrogens with zero attached hydrogens (tertiary/aromatic N) is 1. The van der Waals surface area contributed by atoms with Gasteiger partial charge >= 0.3 is 0 Å². The fourth-order valence-corrected chi connectivity index (χ4v) is 2.29. The van der Waals surface area contributed by atoms with Gasteiger partial charge in [0.2, 0.25) is 5.91 Å². The minimum Gasteiger partial charge on any atom is -0.338 e. The highest BCUT2D eigenvalue weighted by Gasteiger charge is 2.30. The molecule has 1 rings (SSSR count). The lowest BCUT2D eigenvalue weighted by Gasteiger charge is -2.33. The highest BCUT2D eigenvalue weighted by Crippen LogP contribution is 2.17. The van der Waals surface area contributed by atoms with Crippen molar-refractivity contribution in [3.63, 3.8) is 0 Å². The van der Waals surface area contributed by atoms with Crippen LogP contribution in [0.25, 0.3) is 0 Å². The average Bonchev–Trinajstić information content (AvgIpc) is 2.28. The molecular weight excluding hydrogens is 200 g/mol. The molecule has 2 unspecified atom stereocenters. The molecule has 1 saturated heterocycles. The topological polar surface area (TPSA) is 32.3 Å². The number of carbonyl (C=O) groups is 1. The summed E-state index contributed by atoms with van der Waals surface area (Å²) in [5, 5.41) is 3.34. The molecule has 3 nitrogen and oxygen atoms in total. The molecular formula is C13H24N2O. The first-order valence-electron chi connectivity index (χ1n) is 6.33. The Bertz CT molecular complexity index is 240. The Morgan fingerprint density at radius 2 is 2.38 bits per heavy atom. The second-order valence-electron chi connectivity index (χ2n) is 4.62. The van der Waals surface area contributed by atoms with E-state index in [-0.39, 0.29) is 11.9 Å². The van der Waals surface area contributed by atoms with Gasteiger partial charge in [-0.1, -0.05) is 19.9 Å². The molecule has 0 aromatic rings. The Kier molecular flexibility index (Phi) is 5.53.